The van der Waals surface area contributed by atoms with Gasteiger partial charge in [-0.25, -0.2) is 4.79 Å². The number of carbonyl (C=O) groups is 4. The number of rotatable bonds is 41. The third kappa shape index (κ3) is 36.7. The summed E-state index contributed by atoms with van der Waals surface area (Å²) in [6.07, 6.45) is 34.9. The smallest absolute Gasteiger partial charge is 0.329 e. The SMILES string of the molecule is CCCCCCCCCCCCCCCCOC(=O)C[C@H](NC(=O)CNC(=O)[C@@H](N)CCCN=C(N)N)C(=O)OCCCCCCCCCCCCCCCC. The molecule has 0 fully saturated rings. The Kier molecular flexibility index (Phi) is 38.2. The van der Waals surface area contributed by atoms with Gasteiger partial charge in [-0.1, -0.05) is 181 Å². The van der Waals surface area contributed by atoms with Crippen LogP contribution in [0.3, 0.4) is 0 Å². The minimum Gasteiger partial charge on any atom is -0.466 e. The van der Waals surface area contributed by atoms with Crippen LogP contribution in [0, 0.1) is 0 Å². The van der Waals surface area contributed by atoms with Crippen molar-refractivity contribution < 1.29 is 28.7 Å². The summed E-state index contributed by atoms with van der Waals surface area (Å²) in [5, 5.41) is 5.03. The lowest BCUT2D eigenvalue weighted by Gasteiger charge is -2.18. The second-order valence-corrected chi connectivity index (χ2v) is 15.7. The molecule has 0 rings (SSSR count). The van der Waals surface area contributed by atoms with Gasteiger partial charge in [-0.2, -0.15) is 0 Å². The van der Waals surface area contributed by atoms with Crippen LogP contribution in [0.1, 0.15) is 213 Å². The first kappa shape index (κ1) is 53.1. The predicted octanol–water partition coefficient (Wildman–Crippen LogP) is 8.41. The van der Waals surface area contributed by atoms with Crippen LogP contribution in [0.4, 0.5) is 0 Å². The lowest BCUT2D eigenvalue weighted by Crippen LogP contribution is -2.49. The van der Waals surface area contributed by atoms with Crippen molar-refractivity contribution in [2.45, 2.75) is 225 Å². The van der Waals surface area contributed by atoms with Crippen LogP contribution in [-0.2, 0) is 28.7 Å². The molecule has 0 unspecified atom stereocenters. The maximum absolute atomic E-state index is 13.0. The Hall–Kier alpha value is -2.89. The first-order valence-electron chi connectivity index (χ1n) is 22.9. The third-order valence-electron chi connectivity index (χ3n) is 10.2. The number of amides is 2. The molecule has 56 heavy (non-hydrogen) atoms. The molecule has 0 saturated heterocycles. The van der Waals surface area contributed by atoms with Crippen LogP contribution in [-0.4, -0.2) is 68.1 Å². The molecule has 0 aromatic rings. The molecule has 0 bridgehead atoms. The van der Waals surface area contributed by atoms with Crippen LogP contribution in [0.2, 0.25) is 0 Å². The summed E-state index contributed by atoms with van der Waals surface area (Å²) in [7, 11) is 0. The van der Waals surface area contributed by atoms with Gasteiger partial charge in [-0.15, -0.1) is 0 Å². The van der Waals surface area contributed by atoms with E-state index >= 15 is 0 Å². The highest BCUT2D eigenvalue weighted by atomic mass is 16.5. The van der Waals surface area contributed by atoms with E-state index in [2.05, 4.69) is 29.5 Å². The van der Waals surface area contributed by atoms with Gasteiger partial charge in [0, 0.05) is 6.54 Å². The number of nitrogens with two attached hydrogens (primary N) is 3. The summed E-state index contributed by atoms with van der Waals surface area (Å²) in [5.74, 6) is -2.46. The maximum Gasteiger partial charge on any atom is 0.329 e. The van der Waals surface area contributed by atoms with E-state index in [1.165, 1.54) is 141 Å². The molecule has 0 spiro atoms. The first-order valence-corrected chi connectivity index (χ1v) is 22.9. The summed E-state index contributed by atoms with van der Waals surface area (Å²) in [5.41, 5.74) is 16.5. The van der Waals surface area contributed by atoms with E-state index in [4.69, 9.17) is 26.7 Å². The molecule has 12 heteroatoms. The molecule has 12 nitrogen and oxygen atoms in total. The zero-order valence-electron chi connectivity index (χ0n) is 36.0. The van der Waals surface area contributed by atoms with E-state index in [0.717, 1.165) is 32.1 Å². The lowest BCUT2D eigenvalue weighted by molar-refractivity contribution is -0.154. The van der Waals surface area contributed by atoms with Gasteiger partial charge in [-0.05, 0) is 25.7 Å². The number of unbranched alkanes of at least 4 members (excludes halogenated alkanes) is 26. The van der Waals surface area contributed by atoms with E-state index in [0.29, 0.717) is 25.8 Å². The zero-order valence-corrected chi connectivity index (χ0v) is 36.0. The summed E-state index contributed by atoms with van der Waals surface area (Å²) >= 11 is 0. The molecule has 0 saturated carbocycles. The van der Waals surface area contributed by atoms with Gasteiger partial charge in [0.05, 0.1) is 32.2 Å². The summed E-state index contributed by atoms with van der Waals surface area (Å²) in [4.78, 5) is 54.7. The highest BCUT2D eigenvalue weighted by Gasteiger charge is 2.26. The van der Waals surface area contributed by atoms with Crippen molar-refractivity contribution in [3.63, 3.8) is 0 Å². The van der Waals surface area contributed by atoms with Gasteiger partial charge in [0.1, 0.15) is 6.04 Å². The molecule has 0 aliphatic rings. The molecule has 0 aromatic heterocycles. The number of guanidine groups is 1. The average molecular weight is 795 g/mol. The fourth-order valence-corrected chi connectivity index (χ4v) is 6.67. The van der Waals surface area contributed by atoms with Crippen LogP contribution < -0.4 is 27.8 Å². The molecule has 0 aliphatic heterocycles. The van der Waals surface area contributed by atoms with Crippen molar-refractivity contribution in [1.29, 1.82) is 0 Å². The van der Waals surface area contributed by atoms with Gasteiger partial charge in [0.2, 0.25) is 11.8 Å². The minimum atomic E-state index is -1.22. The van der Waals surface area contributed by atoms with Gasteiger partial charge in [0.15, 0.2) is 5.96 Å². The number of hydrogen-bond donors (Lipinski definition) is 5. The molecule has 0 heterocycles. The Bertz CT molecular complexity index is 993. The largest absolute Gasteiger partial charge is 0.466 e. The normalized spacial score (nSPS) is 12.1. The number of carbonyl (C=O) groups excluding carboxylic acids is 4. The van der Waals surface area contributed by atoms with Crippen molar-refractivity contribution in [3.05, 3.63) is 0 Å². The van der Waals surface area contributed by atoms with Crippen molar-refractivity contribution in [2.75, 3.05) is 26.3 Å². The Morgan fingerprint density at radius 2 is 0.946 bits per heavy atom. The van der Waals surface area contributed by atoms with E-state index < -0.39 is 42.4 Å². The van der Waals surface area contributed by atoms with Gasteiger partial charge in [0.25, 0.3) is 0 Å². The number of esters is 2. The monoisotopic (exact) mass is 795 g/mol. The van der Waals surface area contributed by atoms with E-state index in [1.807, 2.05) is 0 Å². The zero-order chi connectivity index (χ0) is 41.3. The van der Waals surface area contributed by atoms with E-state index in [1.54, 1.807) is 0 Å². The van der Waals surface area contributed by atoms with Crippen LogP contribution in [0.25, 0.3) is 0 Å². The highest BCUT2D eigenvalue weighted by molar-refractivity contribution is 5.91. The second-order valence-electron chi connectivity index (χ2n) is 15.7. The molecule has 2 atom stereocenters. The van der Waals surface area contributed by atoms with Gasteiger partial charge >= 0.3 is 11.9 Å². The van der Waals surface area contributed by atoms with Crippen LogP contribution >= 0.6 is 0 Å². The molecule has 328 valence electrons. The highest BCUT2D eigenvalue weighted by Crippen LogP contribution is 2.15. The van der Waals surface area contributed by atoms with Crippen molar-refractivity contribution >= 4 is 29.7 Å². The minimum absolute atomic E-state index is 0.0361. The number of nitrogens with zero attached hydrogens (tertiary/aromatic N) is 1. The lowest BCUT2D eigenvalue weighted by atomic mass is 10.0. The van der Waals surface area contributed by atoms with Crippen molar-refractivity contribution in [2.24, 2.45) is 22.2 Å². The second kappa shape index (κ2) is 40.3. The Morgan fingerprint density at radius 1 is 0.554 bits per heavy atom. The maximum atomic E-state index is 13.0. The Morgan fingerprint density at radius 3 is 1.36 bits per heavy atom. The van der Waals surface area contributed by atoms with Crippen molar-refractivity contribution in [1.82, 2.24) is 10.6 Å². The number of nitrogens with one attached hydrogen (secondary N) is 2. The molecule has 0 aromatic carbocycles. The molecule has 2 amide bonds. The molecular formula is C44H86N6O6. The van der Waals surface area contributed by atoms with Gasteiger partial charge < -0.3 is 37.3 Å². The number of ether oxygens (including phenoxy) is 2. The van der Waals surface area contributed by atoms with E-state index in [9.17, 15) is 19.2 Å². The number of hydrogen-bond acceptors (Lipinski definition) is 8. The quantitative estimate of drug-likeness (QED) is 0.0174. The Balaban J connectivity index is 4.50. The van der Waals surface area contributed by atoms with Crippen LogP contribution in [0.5, 0.6) is 0 Å². The van der Waals surface area contributed by atoms with E-state index in [-0.39, 0.29) is 25.6 Å². The fraction of sp³-hybridized carbons (Fsp3) is 0.886. The van der Waals surface area contributed by atoms with Gasteiger partial charge in [-0.3, -0.25) is 19.4 Å². The molecule has 0 radical (unpaired) electrons. The molecule has 8 N–H and O–H groups in total. The summed E-state index contributed by atoms with van der Waals surface area (Å²) < 4.78 is 10.9. The topological polar surface area (TPSA) is 201 Å². The summed E-state index contributed by atoms with van der Waals surface area (Å²) in [6, 6.07) is -2.07. The molecular weight excluding hydrogens is 709 g/mol. The average Bonchev–Trinajstić information content (AvgIpc) is 3.18. The van der Waals surface area contributed by atoms with Crippen molar-refractivity contribution in [3.8, 4) is 0 Å². The van der Waals surface area contributed by atoms with Crippen LogP contribution in [0.15, 0.2) is 4.99 Å². The summed E-state index contributed by atoms with van der Waals surface area (Å²) in [6.45, 7) is 4.91. The third-order valence-corrected chi connectivity index (χ3v) is 10.2. The Labute approximate surface area is 341 Å². The number of aliphatic imine (C=N–C) groups is 1. The first-order chi connectivity index (χ1) is 27.2. The molecule has 0 aliphatic carbocycles. The standard InChI is InChI=1S/C44H86N6O6/c1-3-5-7-9-11-13-15-17-19-21-23-25-27-29-34-55-41(52)36-39(50-40(51)37-49-42(53)38(45)32-31-33-48-44(46)47)43(54)56-35-30-28-26-24-22-20-18-16-14-12-10-8-6-4-2/h38-39H,3-37,45H2,1-2H3,(H,49,53)(H,50,51)(H4,46,47,48)/t38-,39-/m0/s1. The fourth-order valence-electron chi connectivity index (χ4n) is 6.67. The predicted molar refractivity (Wildman–Crippen MR) is 230 cm³/mol.